The zero-order valence-corrected chi connectivity index (χ0v) is 11.7. The average Bonchev–Trinajstić information content (AvgIpc) is 3.19. The molecule has 104 valence electrons. The summed E-state index contributed by atoms with van der Waals surface area (Å²) in [6.45, 7) is 0.967. The Balaban J connectivity index is 1.55. The standard InChI is InChI=1S/C13H24N2O2S/c16-18(17,9-12-3-1-2-8-14-12)15-13(10-4-5-10)11-6-7-11/h10-15H,1-9H2. The Morgan fingerprint density at radius 3 is 2.22 bits per heavy atom. The molecule has 0 radical (unpaired) electrons. The predicted molar refractivity (Wildman–Crippen MR) is 71.8 cm³/mol. The van der Waals surface area contributed by atoms with Crippen molar-refractivity contribution < 1.29 is 8.42 Å². The van der Waals surface area contributed by atoms with Crippen molar-refractivity contribution in [3.63, 3.8) is 0 Å². The van der Waals surface area contributed by atoms with Gasteiger partial charge in [0.25, 0.3) is 0 Å². The van der Waals surface area contributed by atoms with E-state index < -0.39 is 10.0 Å². The molecule has 0 amide bonds. The van der Waals surface area contributed by atoms with Gasteiger partial charge >= 0.3 is 0 Å². The zero-order valence-electron chi connectivity index (χ0n) is 10.9. The van der Waals surface area contributed by atoms with Gasteiger partial charge in [-0.15, -0.1) is 0 Å². The molecule has 1 unspecified atom stereocenters. The lowest BCUT2D eigenvalue weighted by Gasteiger charge is -2.25. The van der Waals surface area contributed by atoms with E-state index in [4.69, 9.17) is 0 Å². The monoisotopic (exact) mass is 272 g/mol. The van der Waals surface area contributed by atoms with Crippen molar-refractivity contribution in [3.8, 4) is 0 Å². The first-order valence-corrected chi connectivity index (χ1v) is 9.03. The third-order valence-corrected chi connectivity index (χ3v) is 5.88. The van der Waals surface area contributed by atoms with Gasteiger partial charge in [0, 0.05) is 12.1 Å². The third kappa shape index (κ3) is 3.45. The number of hydrogen-bond donors (Lipinski definition) is 2. The van der Waals surface area contributed by atoms with Gasteiger partial charge in [-0.3, -0.25) is 0 Å². The maximum Gasteiger partial charge on any atom is 0.213 e. The van der Waals surface area contributed by atoms with Gasteiger partial charge in [-0.2, -0.15) is 0 Å². The largest absolute Gasteiger partial charge is 0.313 e. The highest BCUT2D eigenvalue weighted by Crippen LogP contribution is 2.44. The Bertz CT molecular complexity index is 370. The SMILES string of the molecule is O=S(=O)(CC1CCCCN1)NC(C1CC1)C1CC1. The topological polar surface area (TPSA) is 58.2 Å². The molecule has 0 aromatic carbocycles. The fourth-order valence-corrected chi connectivity index (χ4v) is 4.78. The summed E-state index contributed by atoms with van der Waals surface area (Å²) in [5.74, 6) is 1.53. The van der Waals surface area contributed by atoms with E-state index in [0.717, 1.165) is 19.4 Å². The lowest BCUT2D eigenvalue weighted by Crippen LogP contribution is -2.46. The lowest BCUT2D eigenvalue weighted by molar-refractivity contribution is 0.417. The molecular formula is C13H24N2O2S. The fourth-order valence-electron chi connectivity index (χ4n) is 3.07. The highest BCUT2D eigenvalue weighted by Gasteiger charge is 2.43. The number of rotatable bonds is 6. The number of piperidine rings is 1. The van der Waals surface area contributed by atoms with Crippen molar-refractivity contribution in [2.45, 2.75) is 57.0 Å². The van der Waals surface area contributed by atoms with Crippen LogP contribution < -0.4 is 10.0 Å². The van der Waals surface area contributed by atoms with Crippen LogP contribution in [0.5, 0.6) is 0 Å². The molecule has 0 aromatic rings. The zero-order chi connectivity index (χ0) is 12.6. The molecule has 2 N–H and O–H groups in total. The molecule has 3 rings (SSSR count). The molecule has 3 fully saturated rings. The third-order valence-electron chi connectivity index (χ3n) is 4.41. The van der Waals surface area contributed by atoms with Crippen LogP contribution in [0.3, 0.4) is 0 Å². The van der Waals surface area contributed by atoms with Crippen LogP contribution in [0.4, 0.5) is 0 Å². The van der Waals surface area contributed by atoms with Gasteiger partial charge in [-0.25, -0.2) is 13.1 Å². The Hall–Kier alpha value is -0.130. The predicted octanol–water partition coefficient (Wildman–Crippen LogP) is 1.24. The molecule has 0 aromatic heterocycles. The minimum absolute atomic E-state index is 0.162. The molecule has 2 saturated carbocycles. The molecule has 2 aliphatic carbocycles. The number of hydrogen-bond acceptors (Lipinski definition) is 3. The minimum atomic E-state index is -3.10. The molecule has 4 nitrogen and oxygen atoms in total. The van der Waals surface area contributed by atoms with Crippen molar-refractivity contribution in [2.24, 2.45) is 11.8 Å². The van der Waals surface area contributed by atoms with Crippen LogP contribution in [0.1, 0.15) is 44.9 Å². The van der Waals surface area contributed by atoms with E-state index in [9.17, 15) is 8.42 Å². The van der Waals surface area contributed by atoms with E-state index in [1.54, 1.807) is 0 Å². The van der Waals surface area contributed by atoms with Gasteiger partial charge < -0.3 is 5.32 Å². The summed E-state index contributed by atoms with van der Waals surface area (Å²) in [6.07, 6.45) is 8.19. The normalized spacial score (nSPS) is 29.7. The quantitative estimate of drug-likeness (QED) is 0.765. The summed E-state index contributed by atoms with van der Waals surface area (Å²) in [5, 5.41) is 3.32. The Labute approximate surface area is 110 Å². The van der Waals surface area contributed by atoms with Crippen LogP contribution in [0.15, 0.2) is 0 Å². The summed E-state index contributed by atoms with van der Waals surface area (Å²) in [7, 11) is -3.10. The van der Waals surface area contributed by atoms with Crippen LogP contribution in [-0.4, -0.2) is 32.8 Å². The van der Waals surface area contributed by atoms with Gasteiger partial charge in [0.15, 0.2) is 0 Å². The Morgan fingerprint density at radius 2 is 1.72 bits per heavy atom. The van der Waals surface area contributed by atoms with E-state index in [-0.39, 0.29) is 17.8 Å². The second-order valence-electron chi connectivity index (χ2n) is 6.25. The van der Waals surface area contributed by atoms with Gasteiger partial charge in [0.05, 0.1) is 5.75 Å². The van der Waals surface area contributed by atoms with E-state index in [0.29, 0.717) is 11.8 Å². The highest BCUT2D eigenvalue weighted by molar-refractivity contribution is 7.89. The van der Waals surface area contributed by atoms with Gasteiger partial charge in [-0.05, 0) is 56.9 Å². The second-order valence-corrected chi connectivity index (χ2v) is 8.05. The first kappa shape index (κ1) is 12.9. The summed E-state index contributed by atoms with van der Waals surface area (Å²) >= 11 is 0. The molecule has 1 aliphatic heterocycles. The van der Waals surface area contributed by atoms with Crippen molar-refractivity contribution in [1.29, 1.82) is 0 Å². The summed E-state index contributed by atoms with van der Waals surface area (Å²) in [5.41, 5.74) is 0. The van der Waals surface area contributed by atoms with Crippen LogP contribution in [0.2, 0.25) is 0 Å². The molecule has 3 aliphatic rings. The smallest absolute Gasteiger partial charge is 0.213 e. The number of nitrogens with one attached hydrogen (secondary N) is 2. The molecule has 1 heterocycles. The maximum atomic E-state index is 12.2. The summed E-state index contributed by atoms with van der Waals surface area (Å²) < 4.78 is 27.4. The Morgan fingerprint density at radius 1 is 1.06 bits per heavy atom. The van der Waals surface area contributed by atoms with Crippen LogP contribution in [0.25, 0.3) is 0 Å². The average molecular weight is 272 g/mol. The van der Waals surface area contributed by atoms with Crippen LogP contribution in [-0.2, 0) is 10.0 Å². The van der Waals surface area contributed by atoms with Crippen molar-refractivity contribution >= 4 is 10.0 Å². The molecule has 1 atom stereocenters. The molecule has 5 heteroatoms. The Kier molecular flexibility index (Phi) is 3.65. The highest BCUT2D eigenvalue weighted by atomic mass is 32.2. The van der Waals surface area contributed by atoms with Crippen molar-refractivity contribution in [2.75, 3.05) is 12.3 Å². The maximum absolute atomic E-state index is 12.2. The van der Waals surface area contributed by atoms with Crippen molar-refractivity contribution in [1.82, 2.24) is 10.0 Å². The van der Waals surface area contributed by atoms with Gasteiger partial charge in [-0.1, -0.05) is 6.42 Å². The second kappa shape index (κ2) is 5.10. The summed E-state index contributed by atoms with van der Waals surface area (Å²) in [6, 6.07) is 0.411. The summed E-state index contributed by atoms with van der Waals surface area (Å²) in [4.78, 5) is 0. The lowest BCUT2D eigenvalue weighted by atomic mass is 10.1. The van der Waals surface area contributed by atoms with Gasteiger partial charge in [0.2, 0.25) is 10.0 Å². The molecule has 0 bridgehead atoms. The van der Waals surface area contributed by atoms with Crippen LogP contribution in [0, 0.1) is 11.8 Å². The van der Waals surface area contributed by atoms with E-state index in [1.165, 1.54) is 32.1 Å². The van der Waals surface area contributed by atoms with Crippen molar-refractivity contribution in [3.05, 3.63) is 0 Å². The molecular weight excluding hydrogens is 248 g/mol. The minimum Gasteiger partial charge on any atom is -0.313 e. The van der Waals surface area contributed by atoms with Gasteiger partial charge in [0.1, 0.15) is 0 Å². The fraction of sp³-hybridized carbons (Fsp3) is 1.00. The van der Waals surface area contributed by atoms with E-state index >= 15 is 0 Å². The number of sulfonamides is 1. The molecule has 1 saturated heterocycles. The van der Waals surface area contributed by atoms with E-state index in [1.807, 2.05) is 0 Å². The first-order valence-electron chi connectivity index (χ1n) is 7.37. The molecule has 18 heavy (non-hydrogen) atoms. The first-order chi connectivity index (χ1) is 8.64. The molecule has 0 spiro atoms. The van der Waals surface area contributed by atoms with E-state index in [2.05, 4.69) is 10.0 Å². The van der Waals surface area contributed by atoms with Crippen LogP contribution >= 0.6 is 0 Å².